The summed E-state index contributed by atoms with van der Waals surface area (Å²) in [6.45, 7) is 11.1. The van der Waals surface area contributed by atoms with E-state index >= 15 is 0 Å². The number of benzene rings is 1. The number of rotatable bonds is 10. The minimum Gasteiger partial charge on any atom is -0.345 e. The van der Waals surface area contributed by atoms with E-state index in [1.165, 1.54) is 16.8 Å². The molecule has 4 heteroatoms. The Labute approximate surface area is 158 Å². The van der Waals surface area contributed by atoms with Crippen LogP contribution in [0.1, 0.15) is 50.4 Å². The van der Waals surface area contributed by atoms with E-state index in [-0.39, 0.29) is 5.91 Å². The van der Waals surface area contributed by atoms with E-state index in [4.69, 9.17) is 0 Å². The van der Waals surface area contributed by atoms with Crippen LogP contribution in [0.5, 0.6) is 0 Å². The van der Waals surface area contributed by atoms with Crippen LogP contribution in [0.15, 0.2) is 42.6 Å². The van der Waals surface area contributed by atoms with Crippen LogP contribution in [0, 0.1) is 6.92 Å². The molecule has 1 N–H and O–H groups in total. The average Bonchev–Trinajstić information content (AvgIpc) is 3.03. The highest BCUT2D eigenvalue weighted by molar-refractivity contribution is 5.78. The van der Waals surface area contributed by atoms with Crippen molar-refractivity contribution >= 4 is 5.91 Å². The molecule has 2 aromatic rings. The van der Waals surface area contributed by atoms with E-state index in [1.54, 1.807) is 0 Å². The molecule has 4 nitrogen and oxygen atoms in total. The molecular weight excluding hydrogens is 322 g/mol. The summed E-state index contributed by atoms with van der Waals surface area (Å²) < 4.78 is 2.25. The van der Waals surface area contributed by atoms with Crippen LogP contribution in [0.4, 0.5) is 0 Å². The molecule has 0 aliphatic rings. The smallest absolute Gasteiger partial charge is 0.236 e. The van der Waals surface area contributed by atoms with Crippen LogP contribution in [0.3, 0.4) is 0 Å². The normalized spacial score (nSPS) is 11.1. The first kappa shape index (κ1) is 20.2. The second kappa shape index (κ2) is 10.2. The molecule has 0 aliphatic carbocycles. The maximum atomic E-state index is 12.6. The molecule has 0 unspecified atom stereocenters. The molecular formula is C22H33N3O. The van der Waals surface area contributed by atoms with E-state index < -0.39 is 0 Å². The van der Waals surface area contributed by atoms with Gasteiger partial charge in [0.1, 0.15) is 0 Å². The topological polar surface area (TPSA) is 37.3 Å². The highest BCUT2D eigenvalue weighted by Gasteiger charge is 2.15. The zero-order valence-electron chi connectivity index (χ0n) is 16.7. The molecule has 2 rings (SSSR count). The van der Waals surface area contributed by atoms with Crippen molar-refractivity contribution in [3.63, 3.8) is 0 Å². The van der Waals surface area contributed by atoms with E-state index in [1.807, 2.05) is 4.90 Å². The van der Waals surface area contributed by atoms with Crippen LogP contribution >= 0.6 is 0 Å². The molecule has 0 radical (unpaired) electrons. The van der Waals surface area contributed by atoms with Crippen LogP contribution in [-0.4, -0.2) is 34.5 Å². The van der Waals surface area contributed by atoms with Crippen molar-refractivity contribution in [2.75, 3.05) is 13.1 Å². The van der Waals surface area contributed by atoms with Gasteiger partial charge in [0.2, 0.25) is 5.91 Å². The van der Waals surface area contributed by atoms with Crippen molar-refractivity contribution in [2.24, 2.45) is 0 Å². The Kier molecular flexibility index (Phi) is 7.92. The third-order valence-corrected chi connectivity index (χ3v) is 4.51. The van der Waals surface area contributed by atoms with Gasteiger partial charge in [0.15, 0.2) is 0 Å². The summed E-state index contributed by atoms with van der Waals surface area (Å²) in [7, 11) is 0. The Morgan fingerprint density at radius 3 is 2.73 bits per heavy atom. The fourth-order valence-corrected chi connectivity index (χ4v) is 2.99. The van der Waals surface area contributed by atoms with Gasteiger partial charge < -0.3 is 14.8 Å². The van der Waals surface area contributed by atoms with Gasteiger partial charge in [0.05, 0.1) is 13.1 Å². The molecule has 1 aromatic carbocycles. The number of aromatic nitrogens is 1. The van der Waals surface area contributed by atoms with Gasteiger partial charge in [-0.25, -0.2) is 0 Å². The van der Waals surface area contributed by atoms with Gasteiger partial charge in [-0.3, -0.25) is 4.79 Å². The Morgan fingerprint density at radius 2 is 2.04 bits per heavy atom. The molecule has 0 aliphatic heterocycles. The highest BCUT2D eigenvalue weighted by atomic mass is 16.2. The van der Waals surface area contributed by atoms with E-state index in [9.17, 15) is 4.79 Å². The maximum absolute atomic E-state index is 12.6. The molecule has 0 atom stereocenters. The van der Waals surface area contributed by atoms with Gasteiger partial charge in [-0.05, 0) is 31.0 Å². The van der Waals surface area contributed by atoms with E-state index in [0.717, 1.165) is 25.9 Å². The SMILES string of the molecule is CCCCN(Cc1cccn1Cc1cccc(C)c1)C(=O)CNC(C)C. The number of unbranched alkanes of at least 4 members (excludes halogenated alkanes) is 1. The first-order chi connectivity index (χ1) is 12.5. The summed E-state index contributed by atoms with van der Waals surface area (Å²) >= 11 is 0. The van der Waals surface area contributed by atoms with Crippen molar-refractivity contribution in [1.29, 1.82) is 0 Å². The first-order valence-electron chi connectivity index (χ1n) is 9.70. The lowest BCUT2D eigenvalue weighted by molar-refractivity contribution is -0.131. The first-order valence-corrected chi connectivity index (χ1v) is 9.70. The number of hydrogen-bond donors (Lipinski definition) is 1. The largest absolute Gasteiger partial charge is 0.345 e. The van der Waals surface area contributed by atoms with Crippen molar-refractivity contribution in [3.05, 3.63) is 59.4 Å². The lowest BCUT2D eigenvalue weighted by Gasteiger charge is -2.24. The lowest BCUT2D eigenvalue weighted by Crippen LogP contribution is -2.40. The quantitative estimate of drug-likeness (QED) is 0.700. The molecule has 0 saturated carbocycles. The second-order valence-electron chi connectivity index (χ2n) is 7.32. The van der Waals surface area contributed by atoms with Gasteiger partial charge in [-0.2, -0.15) is 0 Å². The Bertz CT molecular complexity index is 690. The summed E-state index contributed by atoms with van der Waals surface area (Å²) in [5, 5.41) is 3.24. The molecule has 0 saturated heterocycles. The minimum absolute atomic E-state index is 0.176. The zero-order chi connectivity index (χ0) is 18.9. The number of carbonyl (C=O) groups is 1. The molecule has 1 heterocycles. The molecule has 0 fully saturated rings. The Hall–Kier alpha value is -2.07. The summed E-state index contributed by atoms with van der Waals surface area (Å²) in [6, 6.07) is 13.1. The van der Waals surface area contributed by atoms with Crippen molar-refractivity contribution in [2.45, 2.75) is 59.7 Å². The number of nitrogens with one attached hydrogen (secondary N) is 1. The number of nitrogens with zero attached hydrogens (tertiary/aromatic N) is 2. The van der Waals surface area contributed by atoms with Crippen molar-refractivity contribution < 1.29 is 4.79 Å². The molecule has 0 bridgehead atoms. The predicted molar refractivity (Wildman–Crippen MR) is 108 cm³/mol. The molecule has 0 spiro atoms. The van der Waals surface area contributed by atoms with Crippen molar-refractivity contribution in [3.8, 4) is 0 Å². The molecule has 1 amide bonds. The molecule has 26 heavy (non-hydrogen) atoms. The summed E-state index contributed by atoms with van der Waals surface area (Å²) in [5.74, 6) is 0.176. The van der Waals surface area contributed by atoms with E-state index in [2.05, 4.69) is 80.2 Å². The molecule has 142 valence electrons. The standard InChI is InChI=1S/C22H33N3O/c1-5-6-12-25(22(26)15-23-18(2)3)17-21-11-8-13-24(21)16-20-10-7-9-19(4)14-20/h7-11,13-14,18,23H,5-6,12,15-17H2,1-4H3. The number of hydrogen-bond acceptors (Lipinski definition) is 2. The summed E-state index contributed by atoms with van der Waals surface area (Å²) in [5.41, 5.74) is 3.74. The Balaban J connectivity index is 2.08. The fourth-order valence-electron chi connectivity index (χ4n) is 2.99. The van der Waals surface area contributed by atoms with Crippen molar-refractivity contribution in [1.82, 2.24) is 14.8 Å². The van der Waals surface area contributed by atoms with Crippen LogP contribution in [-0.2, 0) is 17.9 Å². The minimum atomic E-state index is 0.176. The summed E-state index contributed by atoms with van der Waals surface area (Å²) in [6.07, 6.45) is 4.23. The predicted octanol–water partition coefficient (Wildman–Crippen LogP) is 3.97. The third-order valence-electron chi connectivity index (χ3n) is 4.51. The maximum Gasteiger partial charge on any atom is 0.236 e. The van der Waals surface area contributed by atoms with E-state index in [0.29, 0.717) is 19.1 Å². The van der Waals surface area contributed by atoms with Gasteiger partial charge in [0.25, 0.3) is 0 Å². The lowest BCUT2D eigenvalue weighted by atomic mass is 10.1. The van der Waals surface area contributed by atoms with Gasteiger partial charge in [-0.15, -0.1) is 0 Å². The van der Waals surface area contributed by atoms with Gasteiger partial charge in [-0.1, -0.05) is 57.0 Å². The highest BCUT2D eigenvalue weighted by Crippen LogP contribution is 2.12. The fraction of sp³-hybridized carbons (Fsp3) is 0.500. The van der Waals surface area contributed by atoms with Crippen LogP contribution in [0.2, 0.25) is 0 Å². The zero-order valence-corrected chi connectivity index (χ0v) is 16.7. The number of aryl methyl sites for hydroxylation is 1. The monoisotopic (exact) mass is 355 g/mol. The van der Waals surface area contributed by atoms with Crippen LogP contribution in [0.25, 0.3) is 0 Å². The van der Waals surface area contributed by atoms with Gasteiger partial charge in [0, 0.05) is 31.0 Å². The average molecular weight is 356 g/mol. The summed E-state index contributed by atoms with van der Waals surface area (Å²) in [4.78, 5) is 14.6. The van der Waals surface area contributed by atoms with Gasteiger partial charge >= 0.3 is 0 Å². The van der Waals surface area contributed by atoms with Crippen LogP contribution < -0.4 is 5.32 Å². The number of carbonyl (C=O) groups excluding carboxylic acids is 1. The third kappa shape index (κ3) is 6.34. The second-order valence-corrected chi connectivity index (χ2v) is 7.32. The number of amides is 1. The molecule has 1 aromatic heterocycles. The Morgan fingerprint density at radius 1 is 1.23 bits per heavy atom.